The average molecular weight is 378 g/mol. The fourth-order valence-electron chi connectivity index (χ4n) is 6.49. The summed E-state index contributed by atoms with van der Waals surface area (Å²) in [6.07, 6.45) is 7.51. The molecule has 4 nitrogen and oxygen atoms in total. The van der Waals surface area contributed by atoms with E-state index in [0.29, 0.717) is 19.0 Å². The van der Waals surface area contributed by atoms with E-state index in [1.54, 1.807) is 0 Å². The zero-order valence-electron chi connectivity index (χ0n) is 17.1. The lowest BCUT2D eigenvalue weighted by atomic mass is 9.49. The molecule has 1 aromatic carbocycles. The van der Waals surface area contributed by atoms with Crippen LogP contribution in [-0.4, -0.2) is 24.0 Å². The minimum Gasteiger partial charge on any atom is -0.368 e. The Morgan fingerprint density at radius 3 is 2.39 bits per heavy atom. The maximum absolute atomic E-state index is 13.0. The van der Waals surface area contributed by atoms with Gasteiger partial charge in [0.05, 0.1) is 5.52 Å². The number of benzene rings is 1. The number of aromatic nitrogens is 1. The number of rotatable bonds is 5. The quantitative estimate of drug-likeness (QED) is 0.749. The molecule has 0 unspecified atom stereocenters. The first-order valence-electron chi connectivity index (χ1n) is 10.9. The van der Waals surface area contributed by atoms with Gasteiger partial charge in [-0.15, -0.1) is 0 Å². The van der Waals surface area contributed by atoms with E-state index in [0.717, 1.165) is 53.9 Å². The first kappa shape index (κ1) is 18.0. The Morgan fingerprint density at radius 1 is 1.04 bits per heavy atom. The molecule has 0 spiro atoms. The number of hydrogen-bond donors (Lipinski definition) is 2. The molecule has 0 radical (unpaired) electrons. The summed E-state index contributed by atoms with van der Waals surface area (Å²) in [7, 11) is 0. The summed E-state index contributed by atoms with van der Waals surface area (Å²) >= 11 is 0. The topological polar surface area (TPSA) is 54.0 Å². The fourth-order valence-corrected chi connectivity index (χ4v) is 6.49. The van der Waals surface area contributed by atoms with Crippen LogP contribution in [0.4, 0.5) is 5.82 Å². The van der Waals surface area contributed by atoms with Gasteiger partial charge in [0.2, 0.25) is 5.91 Å². The van der Waals surface area contributed by atoms with Gasteiger partial charge >= 0.3 is 0 Å². The van der Waals surface area contributed by atoms with Crippen molar-refractivity contribution >= 4 is 22.6 Å². The first-order valence-corrected chi connectivity index (χ1v) is 10.9. The van der Waals surface area contributed by atoms with Crippen molar-refractivity contribution < 1.29 is 4.79 Å². The van der Waals surface area contributed by atoms with E-state index in [2.05, 4.69) is 48.7 Å². The third kappa shape index (κ3) is 3.17. The predicted molar refractivity (Wildman–Crippen MR) is 113 cm³/mol. The van der Waals surface area contributed by atoms with Gasteiger partial charge in [-0.25, -0.2) is 4.98 Å². The Bertz CT molecular complexity index is 884. The highest BCUT2D eigenvalue weighted by Gasteiger charge is 2.54. The van der Waals surface area contributed by atoms with Gasteiger partial charge in [-0.05, 0) is 93.4 Å². The highest BCUT2D eigenvalue weighted by atomic mass is 16.2. The number of carbonyl (C=O) groups excluding carboxylic acids is 1. The molecule has 148 valence electrons. The van der Waals surface area contributed by atoms with Crippen LogP contribution in [-0.2, 0) is 4.79 Å². The predicted octanol–water partition coefficient (Wildman–Crippen LogP) is 4.60. The SMILES string of the molecule is Cc1ccc2cc(C)c(NCCNC(=O)C34CC5CC(CC(C5)C3)C4)nc2c1. The van der Waals surface area contributed by atoms with Crippen molar-refractivity contribution in [3.8, 4) is 0 Å². The van der Waals surface area contributed by atoms with E-state index in [1.165, 1.54) is 30.2 Å². The van der Waals surface area contributed by atoms with Gasteiger partial charge < -0.3 is 10.6 Å². The first-order chi connectivity index (χ1) is 13.5. The van der Waals surface area contributed by atoms with Gasteiger partial charge in [0, 0.05) is 23.9 Å². The largest absolute Gasteiger partial charge is 0.368 e. The fraction of sp³-hybridized carbons (Fsp3) is 0.583. The smallest absolute Gasteiger partial charge is 0.226 e. The van der Waals surface area contributed by atoms with Gasteiger partial charge in [-0.3, -0.25) is 4.79 Å². The second kappa shape index (κ2) is 6.75. The molecule has 4 aliphatic rings. The van der Waals surface area contributed by atoms with Crippen molar-refractivity contribution in [2.24, 2.45) is 23.2 Å². The number of anilines is 1. The van der Waals surface area contributed by atoms with Crippen molar-refractivity contribution in [3.05, 3.63) is 35.4 Å². The Morgan fingerprint density at radius 2 is 1.71 bits per heavy atom. The van der Waals surface area contributed by atoms with E-state index >= 15 is 0 Å². The van der Waals surface area contributed by atoms with Crippen LogP contribution in [0.1, 0.15) is 49.7 Å². The molecule has 6 rings (SSSR count). The van der Waals surface area contributed by atoms with E-state index in [-0.39, 0.29) is 5.41 Å². The second-order valence-corrected chi connectivity index (χ2v) is 9.73. The number of hydrogen-bond acceptors (Lipinski definition) is 3. The number of nitrogens with one attached hydrogen (secondary N) is 2. The molecule has 1 amide bonds. The average Bonchev–Trinajstić information content (AvgIpc) is 2.64. The van der Waals surface area contributed by atoms with E-state index < -0.39 is 0 Å². The summed E-state index contributed by atoms with van der Waals surface area (Å²) in [4.78, 5) is 17.8. The number of aryl methyl sites for hydroxylation is 2. The number of carbonyl (C=O) groups is 1. The normalized spacial score (nSPS) is 30.6. The summed E-state index contributed by atoms with van der Waals surface area (Å²) in [5.41, 5.74) is 3.33. The minimum absolute atomic E-state index is 0.0522. The maximum atomic E-state index is 13.0. The lowest BCUT2D eigenvalue weighted by molar-refractivity contribution is -0.146. The number of nitrogens with zero attached hydrogens (tertiary/aromatic N) is 1. The Balaban J connectivity index is 1.19. The van der Waals surface area contributed by atoms with Gasteiger partial charge in [0.15, 0.2) is 0 Å². The monoisotopic (exact) mass is 377 g/mol. The summed E-state index contributed by atoms with van der Waals surface area (Å²) in [6, 6.07) is 8.55. The van der Waals surface area contributed by atoms with Crippen LogP contribution < -0.4 is 10.6 Å². The van der Waals surface area contributed by atoms with Crippen molar-refractivity contribution in [3.63, 3.8) is 0 Å². The van der Waals surface area contributed by atoms with Crippen molar-refractivity contribution in [2.45, 2.75) is 52.4 Å². The standard InChI is InChI=1S/C24H31N3O/c1-15-3-4-20-8-16(2)22(27-21(20)7-15)25-5-6-26-23(28)24-12-17-9-18(13-24)11-19(10-17)14-24/h3-4,7-8,17-19H,5-6,9-14H2,1-2H3,(H,25,27)(H,26,28). The zero-order valence-corrected chi connectivity index (χ0v) is 17.1. The van der Waals surface area contributed by atoms with Crippen LogP contribution in [0.15, 0.2) is 24.3 Å². The number of fused-ring (bicyclic) bond motifs is 1. The molecular weight excluding hydrogens is 346 g/mol. The van der Waals surface area contributed by atoms with Gasteiger partial charge in [-0.1, -0.05) is 12.1 Å². The molecule has 0 saturated heterocycles. The van der Waals surface area contributed by atoms with Crippen LogP contribution in [0.25, 0.3) is 10.9 Å². The molecular formula is C24H31N3O. The van der Waals surface area contributed by atoms with Crippen molar-refractivity contribution in [1.82, 2.24) is 10.3 Å². The molecule has 1 heterocycles. The summed E-state index contributed by atoms with van der Waals surface area (Å²) in [6.45, 7) is 5.55. The molecule has 28 heavy (non-hydrogen) atoms. The molecule has 2 N–H and O–H groups in total. The van der Waals surface area contributed by atoms with Crippen LogP contribution in [0.5, 0.6) is 0 Å². The van der Waals surface area contributed by atoms with Gasteiger partial charge in [-0.2, -0.15) is 0 Å². The van der Waals surface area contributed by atoms with Crippen LogP contribution in [0.3, 0.4) is 0 Å². The maximum Gasteiger partial charge on any atom is 0.226 e. The van der Waals surface area contributed by atoms with Crippen molar-refractivity contribution in [2.75, 3.05) is 18.4 Å². The molecule has 4 aliphatic carbocycles. The highest BCUT2D eigenvalue weighted by Crippen LogP contribution is 2.60. The minimum atomic E-state index is -0.0522. The van der Waals surface area contributed by atoms with Crippen LogP contribution >= 0.6 is 0 Å². The van der Waals surface area contributed by atoms with Gasteiger partial charge in [0.1, 0.15) is 5.82 Å². The zero-order chi connectivity index (χ0) is 19.3. The lowest BCUT2D eigenvalue weighted by Crippen LogP contribution is -2.54. The number of pyridine rings is 1. The third-order valence-electron chi connectivity index (χ3n) is 7.39. The molecule has 0 atom stereocenters. The summed E-state index contributed by atoms with van der Waals surface area (Å²) in [5, 5.41) is 7.84. The Kier molecular flexibility index (Phi) is 4.33. The summed E-state index contributed by atoms with van der Waals surface area (Å²) in [5.74, 6) is 3.66. The molecule has 0 aliphatic heterocycles. The molecule has 2 aromatic rings. The third-order valence-corrected chi connectivity index (χ3v) is 7.39. The molecule has 4 bridgehead atoms. The Hall–Kier alpha value is -2.10. The van der Waals surface area contributed by atoms with Crippen molar-refractivity contribution in [1.29, 1.82) is 0 Å². The summed E-state index contributed by atoms with van der Waals surface area (Å²) < 4.78 is 0. The van der Waals surface area contributed by atoms with Gasteiger partial charge in [0.25, 0.3) is 0 Å². The Labute approximate surface area is 167 Å². The van der Waals surface area contributed by atoms with E-state index in [4.69, 9.17) is 4.98 Å². The lowest BCUT2D eigenvalue weighted by Gasteiger charge is -2.55. The van der Waals surface area contributed by atoms with E-state index in [9.17, 15) is 4.79 Å². The van der Waals surface area contributed by atoms with Crippen LogP contribution in [0.2, 0.25) is 0 Å². The van der Waals surface area contributed by atoms with E-state index in [1.807, 2.05) is 0 Å². The second-order valence-electron chi connectivity index (χ2n) is 9.73. The highest BCUT2D eigenvalue weighted by molar-refractivity contribution is 5.83. The van der Waals surface area contributed by atoms with Crippen LogP contribution in [0, 0.1) is 37.0 Å². The molecule has 1 aromatic heterocycles. The molecule has 4 heteroatoms. The number of amides is 1. The molecule has 4 fully saturated rings. The molecule has 4 saturated carbocycles.